The quantitative estimate of drug-likeness (QED) is 0.700. The second-order valence-electron chi connectivity index (χ2n) is 8.25. The number of H-pyrrole nitrogens is 1. The Hall–Kier alpha value is -2.53. The van der Waals surface area contributed by atoms with Gasteiger partial charge in [0.15, 0.2) is 0 Å². The lowest BCUT2D eigenvalue weighted by molar-refractivity contribution is 0.208. The molecule has 2 aromatic carbocycles. The Labute approximate surface area is 166 Å². The topological polar surface area (TPSA) is 47.2 Å². The van der Waals surface area contributed by atoms with Crippen molar-refractivity contribution in [3.05, 3.63) is 54.2 Å². The van der Waals surface area contributed by atoms with Crippen LogP contribution in [0.5, 0.6) is 0 Å². The fourth-order valence-electron chi connectivity index (χ4n) is 4.63. The number of fused-ring (bicyclic) bond motifs is 1. The van der Waals surface area contributed by atoms with Gasteiger partial charge in [-0.2, -0.15) is 5.10 Å². The molecule has 5 rings (SSSR count). The second kappa shape index (κ2) is 7.84. The summed E-state index contributed by atoms with van der Waals surface area (Å²) in [6, 6.07) is 16.2. The average Bonchev–Trinajstić information content (AvgIpc) is 3.41. The highest BCUT2D eigenvalue weighted by atomic mass is 15.2. The fourth-order valence-corrected chi connectivity index (χ4v) is 4.63. The van der Waals surface area contributed by atoms with Gasteiger partial charge in [-0.3, -0.25) is 10.00 Å². The molecular weight excluding hydrogens is 346 g/mol. The van der Waals surface area contributed by atoms with Crippen molar-refractivity contribution in [3.8, 4) is 0 Å². The van der Waals surface area contributed by atoms with Crippen molar-refractivity contribution in [3.63, 3.8) is 0 Å². The monoisotopic (exact) mass is 375 g/mol. The van der Waals surface area contributed by atoms with E-state index in [1.54, 1.807) is 0 Å². The van der Waals surface area contributed by atoms with Crippen LogP contribution in [0.1, 0.15) is 31.2 Å². The molecule has 5 nitrogen and oxygen atoms in total. The largest absolute Gasteiger partial charge is 0.381 e. The van der Waals surface area contributed by atoms with Crippen molar-refractivity contribution < 1.29 is 0 Å². The zero-order valence-corrected chi connectivity index (χ0v) is 16.4. The minimum absolute atomic E-state index is 0.502. The molecule has 3 aromatic rings. The minimum Gasteiger partial charge on any atom is -0.381 e. The molecular formula is C23H29N5. The van der Waals surface area contributed by atoms with E-state index in [4.69, 9.17) is 0 Å². The number of aromatic amines is 1. The van der Waals surface area contributed by atoms with Crippen LogP contribution in [-0.2, 0) is 6.54 Å². The van der Waals surface area contributed by atoms with Crippen LogP contribution in [0, 0.1) is 0 Å². The summed E-state index contributed by atoms with van der Waals surface area (Å²) in [4.78, 5) is 5.09. The number of anilines is 2. The van der Waals surface area contributed by atoms with Gasteiger partial charge in [0.25, 0.3) is 0 Å². The predicted octanol–water partition coefficient (Wildman–Crippen LogP) is 4.24. The first kappa shape index (κ1) is 17.6. The van der Waals surface area contributed by atoms with Crippen LogP contribution >= 0.6 is 0 Å². The lowest BCUT2D eigenvalue weighted by Gasteiger charge is -2.33. The van der Waals surface area contributed by atoms with E-state index in [-0.39, 0.29) is 0 Å². The molecule has 0 aliphatic carbocycles. The van der Waals surface area contributed by atoms with E-state index in [1.165, 1.54) is 62.3 Å². The molecule has 2 aliphatic rings. The third kappa shape index (κ3) is 3.85. The zero-order chi connectivity index (χ0) is 18.8. The summed E-state index contributed by atoms with van der Waals surface area (Å²) in [6.45, 7) is 5.75. The second-order valence-corrected chi connectivity index (χ2v) is 8.25. The normalized spacial score (nSPS) is 20.7. The van der Waals surface area contributed by atoms with Gasteiger partial charge >= 0.3 is 0 Å². The highest BCUT2D eigenvalue weighted by molar-refractivity contribution is 5.81. The van der Waals surface area contributed by atoms with E-state index in [9.17, 15) is 0 Å². The number of hydrogen-bond donors (Lipinski definition) is 2. The van der Waals surface area contributed by atoms with Gasteiger partial charge in [-0.15, -0.1) is 0 Å². The average molecular weight is 376 g/mol. The molecule has 28 heavy (non-hydrogen) atoms. The number of nitrogens with one attached hydrogen (secondary N) is 2. The van der Waals surface area contributed by atoms with Gasteiger partial charge in [-0.1, -0.05) is 12.1 Å². The van der Waals surface area contributed by atoms with Gasteiger partial charge in [-0.25, -0.2) is 0 Å². The van der Waals surface area contributed by atoms with Crippen LogP contribution in [0.25, 0.3) is 10.9 Å². The number of likely N-dealkylation sites (tertiary alicyclic amines) is 1. The molecule has 2 N–H and O–H groups in total. The van der Waals surface area contributed by atoms with Crippen molar-refractivity contribution in [2.75, 3.05) is 36.4 Å². The maximum atomic E-state index is 4.12. The number of benzene rings is 2. The molecule has 0 radical (unpaired) electrons. The summed E-state index contributed by atoms with van der Waals surface area (Å²) in [7, 11) is 0. The summed E-state index contributed by atoms with van der Waals surface area (Å²) >= 11 is 0. The van der Waals surface area contributed by atoms with Gasteiger partial charge in [0.1, 0.15) is 0 Å². The predicted molar refractivity (Wildman–Crippen MR) is 116 cm³/mol. The zero-order valence-electron chi connectivity index (χ0n) is 16.4. The maximum absolute atomic E-state index is 4.12. The van der Waals surface area contributed by atoms with Crippen molar-refractivity contribution >= 4 is 22.3 Å². The van der Waals surface area contributed by atoms with Crippen LogP contribution in [-0.4, -0.2) is 47.3 Å². The molecule has 0 bridgehead atoms. The van der Waals surface area contributed by atoms with E-state index in [0.717, 1.165) is 24.0 Å². The summed E-state index contributed by atoms with van der Waals surface area (Å²) in [5.74, 6) is 0. The van der Waals surface area contributed by atoms with Crippen LogP contribution in [0.2, 0.25) is 0 Å². The Morgan fingerprint density at radius 2 is 1.86 bits per heavy atom. The van der Waals surface area contributed by atoms with E-state index in [0.29, 0.717) is 6.04 Å². The van der Waals surface area contributed by atoms with Crippen LogP contribution in [0.3, 0.4) is 0 Å². The van der Waals surface area contributed by atoms with E-state index < -0.39 is 0 Å². The van der Waals surface area contributed by atoms with Crippen molar-refractivity contribution in [1.82, 2.24) is 15.1 Å². The Bertz CT molecular complexity index is 910. The van der Waals surface area contributed by atoms with Gasteiger partial charge in [-0.05, 0) is 68.1 Å². The summed E-state index contributed by atoms with van der Waals surface area (Å²) in [5.41, 5.74) is 5.08. The lowest BCUT2D eigenvalue weighted by atomic mass is 10.0. The van der Waals surface area contributed by atoms with Crippen molar-refractivity contribution in [2.45, 2.75) is 38.3 Å². The molecule has 0 amide bonds. The Balaban J connectivity index is 1.19. The fraction of sp³-hybridized carbons (Fsp3) is 0.435. The molecule has 2 aliphatic heterocycles. The number of piperidine rings is 1. The number of aromatic nitrogens is 2. The molecule has 0 unspecified atom stereocenters. The molecule has 3 heterocycles. The lowest BCUT2D eigenvalue weighted by Crippen LogP contribution is -2.41. The SMILES string of the molecule is c1cc(N2CCCC2)ccc1CN1CCC[C@@H](Nc2ccc3[nH]ncc3c2)C1. The van der Waals surface area contributed by atoms with Crippen molar-refractivity contribution in [1.29, 1.82) is 0 Å². The smallest absolute Gasteiger partial charge is 0.0651 e. The van der Waals surface area contributed by atoms with Gasteiger partial charge < -0.3 is 10.2 Å². The van der Waals surface area contributed by atoms with Gasteiger partial charge in [0.2, 0.25) is 0 Å². The number of rotatable bonds is 5. The molecule has 0 saturated carbocycles. The first-order chi connectivity index (χ1) is 13.8. The van der Waals surface area contributed by atoms with E-state index >= 15 is 0 Å². The number of hydrogen-bond acceptors (Lipinski definition) is 4. The highest BCUT2D eigenvalue weighted by Crippen LogP contribution is 2.23. The molecule has 5 heteroatoms. The Morgan fingerprint density at radius 1 is 1.00 bits per heavy atom. The third-order valence-electron chi connectivity index (χ3n) is 6.13. The van der Waals surface area contributed by atoms with Crippen LogP contribution < -0.4 is 10.2 Å². The summed E-state index contributed by atoms with van der Waals surface area (Å²) in [5, 5.41) is 12.0. The molecule has 1 atom stereocenters. The van der Waals surface area contributed by atoms with Gasteiger partial charge in [0, 0.05) is 49.0 Å². The van der Waals surface area contributed by atoms with E-state index in [2.05, 4.69) is 67.8 Å². The first-order valence-corrected chi connectivity index (χ1v) is 10.6. The molecule has 1 aromatic heterocycles. The highest BCUT2D eigenvalue weighted by Gasteiger charge is 2.20. The Kier molecular flexibility index (Phi) is 4.92. The van der Waals surface area contributed by atoms with E-state index in [1.807, 2.05) is 6.20 Å². The van der Waals surface area contributed by atoms with Crippen LogP contribution in [0.4, 0.5) is 11.4 Å². The first-order valence-electron chi connectivity index (χ1n) is 10.6. The third-order valence-corrected chi connectivity index (χ3v) is 6.13. The molecule has 2 fully saturated rings. The summed E-state index contributed by atoms with van der Waals surface area (Å²) < 4.78 is 0. The number of nitrogens with zero attached hydrogens (tertiary/aromatic N) is 3. The van der Waals surface area contributed by atoms with Crippen LogP contribution in [0.15, 0.2) is 48.7 Å². The standard InChI is InChI=1S/C23H29N5/c1-2-13-28(12-1)22-8-5-18(6-9-22)16-27-11-3-4-21(17-27)25-20-7-10-23-19(14-20)15-24-26-23/h5-10,14-15,21,25H,1-4,11-13,16-17H2,(H,24,26)/t21-/m1/s1. The molecule has 0 spiro atoms. The molecule has 146 valence electrons. The summed E-state index contributed by atoms with van der Waals surface area (Å²) in [6.07, 6.45) is 7.03. The minimum atomic E-state index is 0.502. The Morgan fingerprint density at radius 3 is 2.71 bits per heavy atom. The maximum Gasteiger partial charge on any atom is 0.0651 e. The molecule has 2 saturated heterocycles. The van der Waals surface area contributed by atoms with Crippen molar-refractivity contribution in [2.24, 2.45) is 0 Å². The van der Waals surface area contributed by atoms with Gasteiger partial charge in [0.05, 0.1) is 11.7 Å².